The predicted molar refractivity (Wildman–Crippen MR) is 98.5 cm³/mol. The van der Waals surface area contributed by atoms with Crippen molar-refractivity contribution in [3.05, 3.63) is 47.5 Å². The van der Waals surface area contributed by atoms with E-state index in [0.29, 0.717) is 0 Å². The number of hydrogen-bond acceptors (Lipinski definition) is 4. The van der Waals surface area contributed by atoms with Crippen molar-refractivity contribution in [3.63, 3.8) is 0 Å². The fourth-order valence-electron chi connectivity index (χ4n) is 3.91. The predicted octanol–water partition coefficient (Wildman–Crippen LogP) is 2.89. The van der Waals surface area contributed by atoms with Gasteiger partial charge >= 0.3 is 0 Å². The first kappa shape index (κ1) is 16.6. The van der Waals surface area contributed by atoms with E-state index >= 15 is 0 Å². The third-order valence-corrected chi connectivity index (χ3v) is 5.33. The largest absolute Gasteiger partial charge is 0.497 e. The zero-order valence-electron chi connectivity index (χ0n) is 15.2. The molecule has 0 bridgehead atoms. The Kier molecular flexibility index (Phi) is 5.04. The molecule has 25 heavy (non-hydrogen) atoms. The minimum atomic E-state index is 0.917. The van der Waals surface area contributed by atoms with Crippen LogP contribution in [0.5, 0.6) is 5.75 Å². The van der Waals surface area contributed by atoms with Crippen molar-refractivity contribution >= 4 is 0 Å². The number of likely N-dealkylation sites (tertiary alicyclic amines) is 1. The Labute approximate surface area is 150 Å². The molecule has 4 rings (SSSR count). The molecule has 2 aliphatic heterocycles. The molecule has 2 aromatic rings. The third-order valence-electron chi connectivity index (χ3n) is 5.33. The Hall–Kier alpha value is -1.85. The first-order valence-electron chi connectivity index (χ1n) is 9.43. The van der Waals surface area contributed by atoms with Gasteiger partial charge in [-0.15, -0.1) is 0 Å². The topological polar surface area (TPSA) is 33.5 Å². The van der Waals surface area contributed by atoms with Gasteiger partial charge in [-0.1, -0.05) is 18.6 Å². The highest BCUT2D eigenvalue weighted by Gasteiger charge is 2.20. The third kappa shape index (κ3) is 4.05. The van der Waals surface area contributed by atoms with Gasteiger partial charge in [-0.3, -0.25) is 9.80 Å². The van der Waals surface area contributed by atoms with Crippen LogP contribution in [0.2, 0.25) is 0 Å². The lowest BCUT2D eigenvalue weighted by atomic mass is 10.1. The average Bonchev–Trinajstić information content (AvgIpc) is 3.04. The molecule has 0 atom stereocenters. The number of ether oxygens (including phenoxy) is 1. The second kappa shape index (κ2) is 7.58. The van der Waals surface area contributed by atoms with Gasteiger partial charge in [-0.25, -0.2) is 4.98 Å². The number of benzene rings is 1. The van der Waals surface area contributed by atoms with Crippen molar-refractivity contribution in [2.24, 2.45) is 0 Å². The smallest absolute Gasteiger partial charge is 0.123 e. The molecule has 1 aromatic heterocycles. The highest BCUT2D eigenvalue weighted by atomic mass is 16.5. The molecular weight excluding hydrogens is 312 g/mol. The lowest BCUT2D eigenvalue weighted by molar-refractivity contribution is 0.208. The molecule has 2 aliphatic rings. The summed E-state index contributed by atoms with van der Waals surface area (Å²) >= 11 is 0. The van der Waals surface area contributed by atoms with Crippen LogP contribution in [0.15, 0.2) is 30.5 Å². The average molecular weight is 340 g/mol. The number of nitrogens with zero attached hydrogens (tertiary/aromatic N) is 4. The zero-order valence-corrected chi connectivity index (χ0v) is 15.2. The number of hydrogen-bond donors (Lipinski definition) is 0. The molecule has 5 heteroatoms. The number of rotatable bonds is 5. The van der Waals surface area contributed by atoms with Gasteiger partial charge in [-0.2, -0.15) is 0 Å². The van der Waals surface area contributed by atoms with E-state index in [2.05, 4.69) is 32.7 Å². The van der Waals surface area contributed by atoms with Crippen molar-refractivity contribution in [1.82, 2.24) is 19.4 Å². The van der Waals surface area contributed by atoms with E-state index in [1.807, 2.05) is 12.1 Å². The first-order chi connectivity index (χ1) is 12.3. The van der Waals surface area contributed by atoms with Crippen molar-refractivity contribution < 1.29 is 4.74 Å². The molecule has 1 fully saturated rings. The van der Waals surface area contributed by atoms with Crippen LogP contribution >= 0.6 is 0 Å². The van der Waals surface area contributed by atoms with E-state index in [1.54, 1.807) is 7.11 Å². The molecule has 134 valence electrons. The minimum Gasteiger partial charge on any atom is -0.497 e. The fraction of sp³-hybridized carbons (Fsp3) is 0.550. The van der Waals surface area contributed by atoms with E-state index in [1.165, 1.54) is 49.4 Å². The van der Waals surface area contributed by atoms with E-state index < -0.39 is 0 Å². The number of aromatic nitrogens is 2. The van der Waals surface area contributed by atoms with Crippen LogP contribution in [0, 0.1) is 0 Å². The van der Waals surface area contributed by atoms with Gasteiger partial charge in [0.25, 0.3) is 0 Å². The van der Waals surface area contributed by atoms with E-state index in [9.17, 15) is 0 Å². The van der Waals surface area contributed by atoms with Crippen LogP contribution in [-0.2, 0) is 26.2 Å². The van der Waals surface area contributed by atoms with Gasteiger partial charge in [0.2, 0.25) is 0 Å². The number of piperidine rings is 1. The van der Waals surface area contributed by atoms with Gasteiger partial charge in [0, 0.05) is 32.4 Å². The Morgan fingerprint density at radius 2 is 1.72 bits per heavy atom. The van der Waals surface area contributed by atoms with Gasteiger partial charge < -0.3 is 9.30 Å². The number of fused-ring (bicyclic) bond motifs is 1. The summed E-state index contributed by atoms with van der Waals surface area (Å²) in [6.07, 6.45) is 6.33. The second-order valence-electron chi connectivity index (χ2n) is 7.24. The summed E-state index contributed by atoms with van der Waals surface area (Å²) in [5.74, 6) is 2.13. The zero-order chi connectivity index (χ0) is 17.1. The summed E-state index contributed by atoms with van der Waals surface area (Å²) < 4.78 is 7.59. The molecular formula is C20H28N4O. The summed E-state index contributed by atoms with van der Waals surface area (Å²) in [6.45, 7) is 7.50. The molecule has 0 aliphatic carbocycles. The first-order valence-corrected chi connectivity index (χ1v) is 9.43. The van der Waals surface area contributed by atoms with Gasteiger partial charge in [0.1, 0.15) is 11.6 Å². The Bertz CT molecular complexity index is 688. The van der Waals surface area contributed by atoms with Crippen molar-refractivity contribution in [1.29, 1.82) is 0 Å². The van der Waals surface area contributed by atoms with Crippen molar-refractivity contribution in [2.45, 2.75) is 45.4 Å². The number of methoxy groups -OCH3 is 1. The fourth-order valence-corrected chi connectivity index (χ4v) is 3.91. The molecule has 0 saturated carbocycles. The Morgan fingerprint density at radius 1 is 0.920 bits per heavy atom. The van der Waals surface area contributed by atoms with Crippen LogP contribution in [0.4, 0.5) is 0 Å². The van der Waals surface area contributed by atoms with Crippen molar-refractivity contribution in [2.75, 3.05) is 26.7 Å². The molecule has 0 radical (unpaired) electrons. The molecule has 0 amide bonds. The van der Waals surface area contributed by atoms with E-state index in [4.69, 9.17) is 9.72 Å². The minimum absolute atomic E-state index is 0.917. The van der Waals surface area contributed by atoms with E-state index in [0.717, 1.165) is 38.5 Å². The standard InChI is InChI=1S/C20H28N4O/c1-25-19-7-5-17(6-8-19)13-23-11-12-24-15-18(21-20(24)16-23)14-22-9-3-2-4-10-22/h5-8,15H,2-4,9-14,16H2,1H3. The second-order valence-corrected chi connectivity index (χ2v) is 7.24. The SMILES string of the molecule is COc1ccc(CN2CCn3cc(CN4CCCCC4)nc3C2)cc1. The van der Waals surface area contributed by atoms with Crippen molar-refractivity contribution in [3.8, 4) is 5.75 Å². The monoisotopic (exact) mass is 340 g/mol. The Morgan fingerprint density at radius 3 is 2.48 bits per heavy atom. The van der Waals surface area contributed by atoms with Crippen LogP contribution in [0.1, 0.15) is 36.3 Å². The van der Waals surface area contributed by atoms with Crippen LogP contribution < -0.4 is 4.74 Å². The van der Waals surface area contributed by atoms with Crippen LogP contribution in [-0.4, -0.2) is 46.1 Å². The summed E-state index contributed by atoms with van der Waals surface area (Å²) in [5, 5.41) is 0. The molecule has 5 nitrogen and oxygen atoms in total. The van der Waals surface area contributed by atoms with Gasteiger partial charge in [0.15, 0.2) is 0 Å². The van der Waals surface area contributed by atoms with Crippen LogP contribution in [0.25, 0.3) is 0 Å². The summed E-state index contributed by atoms with van der Waals surface area (Å²) in [7, 11) is 1.71. The molecule has 0 spiro atoms. The summed E-state index contributed by atoms with van der Waals surface area (Å²) in [5.41, 5.74) is 2.57. The van der Waals surface area contributed by atoms with Gasteiger partial charge in [-0.05, 0) is 43.6 Å². The van der Waals surface area contributed by atoms with Gasteiger partial charge in [0.05, 0.1) is 19.3 Å². The summed E-state index contributed by atoms with van der Waals surface area (Å²) in [6, 6.07) is 8.39. The molecule has 1 saturated heterocycles. The van der Waals surface area contributed by atoms with E-state index in [-0.39, 0.29) is 0 Å². The normalized spacial score (nSPS) is 18.9. The molecule has 0 unspecified atom stereocenters. The highest BCUT2D eigenvalue weighted by molar-refractivity contribution is 5.27. The lowest BCUT2D eigenvalue weighted by Crippen LogP contribution is -2.33. The molecule has 3 heterocycles. The molecule has 1 aromatic carbocycles. The maximum absolute atomic E-state index is 5.24. The molecule has 0 N–H and O–H groups in total. The van der Waals surface area contributed by atoms with Crippen LogP contribution in [0.3, 0.4) is 0 Å². The lowest BCUT2D eigenvalue weighted by Gasteiger charge is -2.27. The Balaban J connectivity index is 1.37. The maximum atomic E-state index is 5.24. The highest BCUT2D eigenvalue weighted by Crippen LogP contribution is 2.19. The number of imidazole rings is 1. The quantitative estimate of drug-likeness (QED) is 0.838. The summed E-state index contributed by atoms with van der Waals surface area (Å²) in [4.78, 5) is 9.95. The maximum Gasteiger partial charge on any atom is 0.123 e.